The molecule has 0 aliphatic heterocycles. The van der Waals surface area contributed by atoms with Crippen LogP contribution in [0.4, 0.5) is 5.82 Å². The maximum Gasteiger partial charge on any atom is 0.360 e. The number of nitrogens with zero attached hydrogens (tertiary/aromatic N) is 3. The molecule has 0 radical (unpaired) electrons. The number of thiazole rings is 1. The summed E-state index contributed by atoms with van der Waals surface area (Å²) in [5.74, 6) is -0.172. The number of carbonyl (C=O) groups excluding carboxylic acids is 1. The Kier molecular flexibility index (Phi) is 3.61. The lowest BCUT2D eigenvalue weighted by molar-refractivity contribution is 0.0521. The van der Waals surface area contributed by atoms with Crippen LogP contribution in [0, 0.1) is 6.92 Å². The average Bonchev–Trinajstić information content (AvgIpc) is 2.88. The van der Waals surface area contributed by atoms with E-state index in [1.165, 1.54) is 6.33 Å². The molecule has 2 aromatic rings. The lowest BCUT2D eigenvalue weighted by Crippen LogP contribution is -2.10. The van der Waals surface area contributed by atoms with Crippen molar-refractivity contribution in [3.05, 3.63) is 28.1 Å². The Labute approximate surface area is 108 Å². The minimum atomic E-state index is -0.491. The van der Waals surface area contributed by atoms with E-state index in [-0.39, 0.29) is 5.69 Å². The third-order valence-electron chi connectivity index (χ3n) is 2.34. The van der Waals surface area contributed by atoms with E-state index < -0.39 is 5.97 Å². The summed E-state index contributed by atoms with van der Waals surface area (Å²) < 4.78 is 6.58. The second kappa shape index (κ2) is 5.18. The van der Waals surface area contributed by atoms with Crippen LogP contribution in [0.15, 0.2) is 12.5 Å². The predicted octanol–water partition coefficient (Wildman–Crippen LogP) is 1.46. The minimum absolute atomic E-state index is 0.165. The molecule has 2 heterocycles. The first-order valence-corrected chi connectivity index (χ1v) is 6.32. The van der Waals surface area contributed by atoms with E-state index in [0.717, 1.165) is 9.88 Å². The summed E-state index contributed by atoms with van der Waals surface area (Å²) in [7, 11) is 0. The van der Waals surface area contributed by atoms with Gasteiger partial charge in [-0.1, -0.05) is 0 Å². The zero-order valence-electron chi connectivity index (χ0n) is 10.2. The van der Waals surface area contributed by atoms with Crippen LogP contribution in [0.5, 0.6) is 0 Å². The van der Waals surface area contributed by atoms with E-state index in [1.54, 1.807) is 29.0 Å². The summed E-state index contributed by atoms with van der Waals surface area (Å²) in [5.41, 5.74) is 6.04. The van der Waals surface area contributed by atoms with Gasteiger partial charge in [-0.3, -0.25) is 0 Å². The van der Waals surface area contributed by atoms with Crippen molar-refractivity contribution in [2.24, 2.45) is 0 Å². The van der Waals surface area contributed by atoms with Crippen molar-refractivity contribution < 1.29 is 9.53 Å². The predicted molar refractivity (Wildman–Crippen MR) is 68.5 cm³/mol. The molecule has 2 N–H and O–H groups in total. The lowest BCUT2D eigenvalue weighted by atomic mass is 10.4. The van der Waals surface area contributed by atoms with Crippen molar-refractivity contribution in [1.29, 1.82) is 0 Å². The number of nitrogens with two attached hydrogens (primary N) is 1. The van der Waals surface area contributed by atoms with E-state index in [4.69, 9.17) is 10.5 Å². The highest BCUT2D eigenvalue weighted by atomic mass is 32.1. The van der Waals surface area contributed by atoms with Crippen LogP contribution in [0.2, 0.25) is 0 Å². The number of anilines is 1. The van der Waals surface area contributed by atoms with Gasteiger partial charge in [0.25, 0.3) is 0 Å². The Morgan fingerprint density at radius 3 is 2.94 bits per heavy atom. The molecule has 0 aliphatic rings. The summed E-state index contributed by atoms with van der Waals surface area (Å²) in [4.78, 5) is 20.8. The first kappa shape index (κ1) is 12.6. The molecule has 0 fully saturated rings. The SMILES string of the molecule is CCOC(=O)c1ncn(Cc2cnc(C)s2)c1N. The van der Waals surface area contributed by atoms with Gasteiger partial charge in [0.1, 0.15) is 5.82 Å². The summed E-state index contributed by atoms with van der Waals surface area (Å²) in [6.45, 7) is 4.55. The standard InChI is InChI=1S/C11H14N4O2S/c1-3-17-11(16)9-10(12)15(6-14-9)5-8-4-13-7(2)18-8/h4,6H,3,5,12H2,1-2H3. The van der Waals surface area contributed by atoms with Crippen LogP contribution < -0.4 is 5.73 Å². The highest BCUT2D eigenvalue weighted by molar-refractivity contribution is 7.11. The number of aromatic nitrogens is 3. The van der Waals surface area contributed by atoms with Gasteiger partial charge in [-0.25, -0.2) is 14.8 Å². The Balaban J connectivity index is 2.18. The molecular formula is C11H14N4O2S. The van der Waals surface area contributed by atoms with E-state index in [2.05, 4.69) is 9.97 Å². The topological polar surface area (TPSA) is 83.0 Å². The van der Waals surface area contributed by atoms with E-state index in [9.17, 15) is 4.79 Å². The number of nitrogen functional groups attached to an aromatic ring is 1. The number of hydrogen-bond donors (Lipinski definition) is 1. The molecule has 2 aromatic heterocycles. The van der Waals surface area contributed by atoms with E-state index in [0.29, 0.717) is 19.0 Å². The van der Waals surface area contributed by atoms with Gasteiger partial charge in [0.05, 0.1) is 24.5 Å². The van der Waals surface area contributed by atoms with Crippen LogP contribution in [0.1, 0.15) is 27.3 Å². The molecule has 0 saturated heterocycles. The van der Waals surface area contributed by atoms with Crippen LogP contribution in [0.3, 0.4) is 0 Å². The lowest BCUT2D eigenvalue weighted by Gasteiger charge is -2.03. The van der Waals surface area contributed by atoms with Crippen LogP contribution >= 0.6 is 11.3 Å². The quantitative estimate of drug-likeness (QED) is 0.847. The van der Waals surface area contributed by atoms with Gasteiger partial charge in [-0.2, -0.15) is 0 Å². The smallest absolute Gasteiger partial charge is 0.360 e. The third kappa shape index (κ3) is 2.51. The molecule has 0 saturated carbocycles. The molecular weight excluding hydrogens is 252 g/mol. The van der Waals surface area contributed by atoms with E-state index in [1.807, 2.05) is 6.92 Å². The molecule has 0 aromatic carbocycles. The Bertz CT molecular complexity index is 561. The normalized spacial score (nSPS) is 10.6. The molecule has 0 unspecified atom stereocenters. The van der Waals surface area contributed by atoms with Gasteiger partial charge in [0.15, 0.2) is 5.69 Å². The molecule has 0 atom stereocenters. The van der Waals surface area contributed by atoms with Gasteiger partial charge in [0.2, 0.25) is 0 Å². The first-order valence-electron chi connectivity index (χ1n) is 5.50. The maximum absolute atomic E-state index is 11.5. The fourth-order valence-corrected chi connectivity index (χ4v) is 2.31. The van der Waals surface area contributed by atoms with Gasteiger partial charge in [0, 0.05) is 11.1 Å². The monoisotopic (exact) mass is 266 g/mol. The summed E-state index contributed by atoms with van der Waals surface area (Å²) in [6, 6.07) is 0. The highest BCUT2D eigenvalue weighted by Crippen LogP contribution is 2.17. The summed E-state index contributed by atoms with van der Waals surface area (Å²) >= 11 is 1.59. The Hall–Kier alpha value is -1.89. The molecule has 2 rings (SSSR count). The maximum atomic E-state index is 11.5. The van der Waals surface area contributed by atoms with Crippen LogP contribution in [-0.4, -0.2) is 27.1 Å². The average molecular weight is 266 g/mol. The molecule has 7 heteroatoms. The fraction of sp³-hybridized carbons (Fsp3) is 0.364. The molecule has 0 amide bonds. The number of aryl methyl sites for hydroxylation is 1. The van der Waals surface area contributed by atoms with Gasteiger partial charge >= 0.3 is 5.97 Å². The first-order chi connectivity index (χ1) is 8.61. The second-order valence-electron chi connectivity index (χ2n) is 3.67. The van der Waals surface area contributed by atoms with Crippen molar-refractivity contribution in [2.75, 3.05) is 12.3 Å². The van der Waals surface area contributed by atoms with Crippen LogP contribution in [-0.2, 0) is 11.3 Å². The third-order valence-corrected chi connectivity index (χ3v) is 3.24. The van der Waals surface area contributed by atoms with Gasteiger partial charge < -0.3 is 15.0 Å². The number of ether oxygens (including phenoxy) is 1. The Morgan fingerprint density at radius 2 is 2.33 bits per heavy atom. The van der Waals surface area contributed by atoms with Crippen molar-refractivity contribution >= 4 is 23.1 Å². The number of imidazole rings is 1. The zero-order valence-corrected chi connectivity index (χ0v) is 11.0. The second-order valence-corrected chi connectivity index (χ2v) is 4.99. The summed E-state index contributed by atoms with van der Waals surface area (Å²) in [6.07, 6.45) is 3.33. The molecule has 18 heavy (non-hydrogen) atoms. The molecule has 96 valence electrons. The van der Waals surface area contributed by atoms with Crippen molar-refractivity contribution in [2.45, 2.75) is 20.4 Å². The molecule has 0 spiro atoms. The number of rotatable bonds is 4. The van der Waals surface area contributed by atoms with Crippen LogP contribution in [0.25, 0.3) is 0 Å². The van der Waals surface area contributed by atoms with Gasteiger partial charge in [-0.15, -0.1) is 11.3 Å². The largest absolute Gasteiger partial charge is 0.461 e. The summed E-state index contributed by atoms with van der Waals surface area (Å²) in [5, 5.41) is 0.995. The Morgan fingerprint density at radius 1 is 1.56 bits per heavy atom. The van der Waals surface area contributed by atoms with E-state index >= 15 is 0 Å². The van der Waals surface area contributed by atoms with Crippen molar-refractivity contribution in [3.63, 3.8) is 0 Å². The van der Waals surface area contributed by atoms with Crippen molar-refractivity contribution in [1.82, 2.24) is 14.5 Å². The highest BCUT2D eigenvalue weighted by Gasteiger charge is 2.17. The number of hydrogen-bond acceptors (Lipinski definition) is 6. The number of carbonyl (C=O) groups is 1. The minimum Gasteiger partial charge on any atom is -0.461 e. The molecule has 0 bridgehead atoms. The van der Waals surface area contributed by atoms with Crippen molar-refractivity contribution in [3.8, 4) is 0 Å². The zero-order chi connectivity index (χ0) is 13.1. The van der Waals surface area contributed by atoms with Gasteiger partial charge in [-0.05, 0) is 13.8 Å². The molecule has 6 nitrogen and oxygen atoms in total. The number of esters is 1. The molecule has 0 aliphatic carbocycles. The fourth-order valence-electron chi connectivity index (χ4n) is 1.52.